The van der Waals surface area contributed by atoms with Crippen molar-refractivity contribution in [2.75, 3.05) is 6.54 Å². The summed E-state index contributed by atoms with van der Waals surface area (Å²) in [7, 11) is 0. The van der Waals surface area contributed by atoms with E-state index < -0.39 is 0 Å². The van der Waals surface area contributed by atoms with Gasteiger partial charge in [0.15, 0.2) is 0 Å². The number of amides is 1. The van der Waals surface area contributed by atoms with Crippen molar-refractivity contribution in [1.82, 2.24) is 4.90 Å². The number of hydrogen-bond donors (Lipinski definition) is 1. The minimum absolute atomic E-state index is 0.124. The van der Waals surface area contributed by atoms with Gasteiger partial charge in [0.05, 0.1) is 0 Å². The molecular formula is C14H18N2O. The van der Waals surface area contributed by atoms with Crippen LogP contribution in [0.3, 0.4) is 0 Å². The third-order valence-electron chi connectivity index (χ3n) is 3.18. The average molecular weight is 230 g/mol. The van der Waals surface area contributed by atoms with Crippen LogP contribution >= 0.6 is 0 Å². The van der Waals surface area contributed by atoms with Crippen LogP contribution in [0.1, 0.15) is 18.4 Å². The summed E-state index contributed by atoms with van der Waals surface area (Å²) in [6.45, 7) is 1.58. The molecule has 3 nitrogen and oxygen atoms in total. The molecule has 1 atom stereocenters. The largest absolute Gasteiger partial charge is 0.405 e. The molecule has 17 heavy (non-hydrogen) atoms. The highest BCUT2D eigenvalue weighted by atomic mass is 16.2. The number of nitrogens with two attached hydrogens (primary N) is 1. The normalized spacial score (nSPS) is 20.4. The van der Waals surface area contributed by atoms with Crippen molar-refractivity contribution < 1.29 is 4.79 Å². The van der Waals surface area contributed by atoms with Gasteiger partial charge in [-0.1, -0.05) is 36.4 Å². The number of rotatable bonds is 4. The van der Waals surface area contributed by atoms with Crippen LogP contribution in [-0.2, 0) is 11.3 Å². The molecule has 1 unspecified atom stereocenters. The van der Waals surface area contributed by atoms with E-state index in [1.54, 1.807) is 0 Å². The van der Waals surface area contributed by atoms with Crippen LogP contribution in [-0.4, -0.2) is 17.4 Å². The molecule has 0 saturated carbocycles. The summed E-state index contributed by atoms with van der Waals surface area (Å²) < 4.78 is 0. The molecule has 3 heteroatoms. The zero-order valence-corrected chi connectivity index (χ0v) is 9.88. The Morgan fingerprint density at radius 1 is 1.35 bits per heavy atom. The minimum Gasteiger partial charge on any atom is -0.405 e. The van der Waals surface area contributed by atoms with Crippen molar-refractivity contribution in [3.63, 3.8) is 0 Å². The average Bonchev–Trinajstić information content (AvgIpc) is 2.70. The minimum atomic E-state index is 0.124. The molecule has 0 bridgehead atoms. The Morgan fingerprint density at radius 2 is 2.12 bits per heavy atom. The molecule has 90 valence electrons. The molecule has 0 radical (unpaired) electrons. The fourth-order valence-corrected chi connectivity index (χ4v) is 2.23. The maximum absolute atomic E-state index is 12.1. The van der Waals surface area contributed by atoms with E-state index in [4.69, 9.17) is 5.73 Å². The molecular weight excluding hydrogens is 212 g/mol. The lowest BCUT2D eigenvalue weighted by atomic mass is 10.0. The molecule has 1 amide bonds. The van der Waals surface area contributed by atoms with Gasteiger partial charge in [-0.25, -0.2) is 0 Å². The molecule has 1 aliphatic rings. The second kappa shape index (κ2) is 5.53. The fraction of sp³-hybridized carbons (Fsp3) is 0.357. The summed E-state index contributed by atoms with van der Waals surface area (Å²) in [5.41, 5.74) is 6.50. The second-order valence-corrected chi connectivity index (χ2v) is 4.39. The zero-order valence-electron chi connectivity index (χ0n) is 9.88. The quantitative estimate of drug-likeness (QED) is 0.858. The number of hydrogen-bond acceptors (Lipinski definition) is 2. The lowest BCUT2D eigenvalue weighted by molar-refractivity contribution is -0.131. The van der Waals surface area contributed by atoms with Gasteiger partial charge in [-0.2, -0.15) is 0 Å². The Kier molecular flexibility index (Phi) is 3.81. The van der Waals surface area contributed by atoms with E-state index in [0.717, 1.165) is 25.9 Å². The van der Waals surface area contributed by atoms with Crippen LogP contribution in [0, 0.1) is 5.92 Å². The number of nitrogens with zero attached hydrogens (tertiary/aromatic N) is 1. The van der Waals surface area contributed by atoms with Crippen LogP contribution in [0.2, 0.25) is 0 Å². The van der Waals surface area contributed by atoms with E-state index in [1.807, 2.05) is 29.2 Å². The summed E-state index contributed by atoms with van der Waals surface area (Å²) in [4.78, 5) is 14.0. The third kappa shape index (κ3) is 2.87. The van der Waals surface area contributed by atoms with Gasteiger partial charge in [0, 0.05) is 19.0 Å². The van der Waals surface area contributed by atoms with E-state index in [9.17, 15) is 4.79 Å². The second-order valence-electron chi connectivity index (χ2n) is 4.39. The Morgan fingerprint density at radius 3 is 2.82 bits per heavy atom. The van der Waals surface area contributed by atoms with Gasteiger partial charge in [0.2, 0.25) is 5.91 Å². The third-order valence-corrected chi connectivity index (χ3v) is 3.18. The zero-order chi connectivity index (χ0) is 12.1. The highest BCUT2D eigenvalue weighted by molar-refractivity contribution is 5.81. The monoisotopic (exact) mass is 230 g/mol. The van der Waals surface area contributed by atoms with Crippen LogP contribution in [0.25, 0.3) is 0 Å². The standard InChI is InChI=1S/C14H18N2O/c15-9-4-7-13-8-10-16(14(13)17)11-12-5-2-1-3-6-12/h1-6,9,13H,7-8,10-11,15H2. The fourth-order valence-electron chi connectivity index (χ4n) is 2.23. The van der Waals surface area contributed by atoms with E-state index in [1.165, 1.54) is 11.8 Å². The molecule has 0 aliphatic carbocycles. The predicted molar refractivity (Wildman–Crippen MR) is 67.9 cm³/mol. The number of carbonyl (C=O) groups is 1. The molecule has 2 N–H and O–H groups in total. The molecule has 0 aromatic heterocycles. The summed E-state index contributed by atoms with van der Waals surface area (Å²) in [5.74, 6) is 0.380. The molecule has 2 rings (SSSR count). The van der Waals surface area contributed by atoms with Crippen LogP contribution in [0.15, 0.2) is 42.6 Å². The molecule has 1 heterocycles. The van der Waals surface area contributed by atoms with Crippen molar-refractivity contribution in [3.8, 4) is 0 Å². The van der Waals surface area contributed by atoms with Gasteiger partial charge >= 0.3 is 0 Å². The van der Waals surface area contributed by atoms with E-state index in [0.29, 0.717) is 0 Å². The van der Waals surface area contributed by atoms with Crippen LogP contribution < -0.4 is 5.73 Å². The molecule has 1 aromatic carbocycles. The van der Waals surface area contributed by atoms with Gasteiger partial charge in [-0.3, -0.25) is 4.79 Å². The van der Waals surface area contributed by atoms with Crippen LogP contribution in [0.4, 0.5) is 0 Å². The topological polar surface area (TPSA) is 46.3 Å². The maximum atomic E-state index is 12.1. The number of benzene rings is 1. The molecule has 0 spiro atoms. The van der Waals surface area contributed by atoms with Crippen LogP contribution in [0.5, 0.6) is 0 Å². The first-order valence-electron chi connectivity index (χ1n) is 6.00. The Balaban J connectivity index is 1.94. The van der Waals surface area contributed by atoms with E-state index in [-0.39, 0.29) is 11.8 Å². The molecule has 1 aliphatic heterocycles. The Bertz CT molecular complexity index is 400. The van der Waals surface area contributed by atoms with Gasteiger partial charge in [-0.05, 0) is 24.6 Å². The summed E-state index contributed by atoms with van der Waals surface area (Å²) in [6, 6.07) is 10.1. The highest BCUT2D eigenvalue weighted by Gasteiger charge is 2.30. The number of likely N-dealkylation sites (tertiary alicyclic amines) is 1. The van der Waals surface area contributed by atoms with E-state index >= 15 is 0 Å². The Labute approximate surface area is 102 Å². The Hall–Kier alpha value is -1.77. The van der Waals surface area contributed by atoms with E-state index in [2.05, 4.69) is 12.1 Å². The lowest BCUT2D eigenvalue weighted by Gasteiger charge is -2.16. The lowest BCUT2D eigenvalue weighted by Crippen LogP contribution is -2.26. The van der Waals surface area contributed by atoms with Crippen molar-refractivity contribution in [1.29, 1.82) is 0 Å². The smallest absolute Gasteiger partial charge is 0.226 e. The first-order valence-corrected chi connectivity index (χ1v) is 6.00. The van der Waals surface area contributed by atoms with Gasteiger partial charge in [0.1, 0.15) is 0 Å². The first-order chi connectivity index (χ1) is 8.31. The van der Waals surface area contributed by atoms with Gasteiger partial charge in [0.25, 0.3) is 0 Å². The molecule has 1 saturated heterocycles. The maximum Gasteiger partial charge on any atom is 0.226 e. The predicted octanol–water partition coefficient (Wildman–Crippen LogP) is 1.90. The first kappa shape index (κ1) is 11.7. The van der Waals surface area contributed by atoms with Gasteiger partial charge in [-0.15, -0.1) is 0 Å². The molecule has 1 fully saturated rings. The number of allylic oxidation sites excluding steroid dienone is 1. The number of carbonyl (C=O) groups excluding carboxylic acids is 1. The van der Waals surface area contributed by atoms with Gasteiger partial charge < -0.3 is 10.6 Å². The summed E-state index contributed by atoms with van der Waals surface area (Å²) in [5, 5.41) is 0. The van der Waals surface area contributed by atoms with Crippen molar-refractivity contribution in [2.45, 2.75) is 19.4 Å². The SMILES string of the molecule is NC=CCC1CCN(Cc2ccccc2)C1=O. The summed E-state index contributed by atoms with van der Waals surface area (Å²) in [6.07, 6.45) is 5.10. The van der Waals surface area contributed by atoms with Crippen molar-refractivity contribution in [2.24, 2.45) is 11.7 Å². The molecule has 1 aromatic rings. The van der Waals surface area contributed by atoms with Crippen molar-refractivity contribution in [3.05, 3.63) is 48.2 Å². The van der Waals surface area contributed by atoms with Crippen molar-refractivity contribution >= 4 is 5.91 Å². The summed E-state index contributed by atoms with van der Waals surface area (Å²) >= 11 is 0. The highest BCUT2D eigenvalue weighted by Crippen LogP contribution is 2.23.